The standard InChI is InChI=1S/C20H24O/c1-2-3-4-6-9-16-12-18-14-21-15-20(18)19(13-16)17-10-7-5-8-11-17/h5,7-8,10-13H,2-4,6,9,14-15H2,1H3. The van der Waals surface area contributed by atoms with Crippen LogP contribution in [-0.2, 0) is 24.4 Å². The highest BCUT2D eigenvalue weighted by Gasteiger charge is 2.17. The van der Waals surface area contributed by atoms with E-state index in [2.05, 4.69) is 49.4 Å². The molecule has 21 heavy (non-hydrogen) atoms. The maximum absolute atomic E-state index is 5.68. The summed E-state index contributed by atoms with van der Waals surface area (Å²) in [5, 5.41) is 0. The number of fused-ring (bicyclic) bond motifs is 1. The molecule has 1 nitrogen and oxygen atoms in total. The molecule has 0 saturated carbocycles. The van der Waals surface area contributed by atoms with Crippen LogP contribution < -0.4 is 0 Å². The van der Waals surface area contributed by atoms with Crippen molar-refractivity contribution in [2.24, 2.45) is 0 Å². The topological polar surface area (TPSA) is 9.23 Å². The van der Waals surface area contributed by atoms with Crippen LogP contribution in [0.15, 0.2) is 42.5 Å². The Hall–Kier alpha value is -1.60. The molecule has 1 aliphatic rings. The van der Waals surface area contributed by atoms with Gasteiger partial charge in [-0.2, -0.15) is 0 Å². The van der Waals surface area contributed by atoms with Crippen LogP contribution in [0.3, 0.4) is 0 Å². The maximum Gasteiger partial charge on any atom is 0.0731 e. The molecule has 0 spiro atoms. The van der Waals surface area contributed by atoms with Crippen molar-refractivity contribution in [2.75, 3.05) is 0 Å². The van der Waals surface area contributed by atoms with Crippen molar-refractivity contribution >= 4 is 0 Å². The second kappa shape index (κ2) is 6.91. The van der Waals surface area contributed by atoms with E-state index in [4.69, 9.17) is 4.74 Å². The smallest absolute Gasteiger partial charge is 0.0731 e. The second-order valence-electron chi connectivity index (χ2n) is 5.95. The largest absolute Gasteiger partial charge is 0.372 e. The SMILES string of the molecule is CCCCCCc1cc2c(c(-c3ccccc3)c1)COC2. The molecule has 110 valence electrons. The number of unbranched alkanes of at least 4 members (excludes halogenated alkanes) is 3. The van der Waals surface area contributed by atoms with Gasteiger partial charge < -0.3 is 4.74 Å². The first-order chi connectivity index (χ1) is 10.4. The van der Waals surface area contributed by atoms with Gasteiger partial charge in [-0.05, 0) is 40.7 Å². The monoisotopic (exact) mass is 280 g/mol. The molecule has 0 aliphatic carbocycles. The molecule has 0 unspecified atom stereocenters. The van der Waals surface area contributed by atoms with E-state index in [9.17, 15) is 0 Å². The van der Waals surface area contributed by atoms with Crippen LogP contribution >= 0.6 is 0 Å². The lowest BCUT2D eigenvalue weighted by Gasteiger charge is -2.11. The van der Waals surface area contributed by atoms with Crippen molar-refractivity contribution < 1.29 is 4.74 Å². The van der Waals surface area contributed by atoms with Gasteiger partial charge in [-0.25, -0.2) is 0 Å². The Balaban J connectivity index is 1.86. The molecule has 1 heterocycles. The predicted octanol–water partition coefficient (Wildman–Crippen LogP) is 5.51. The van der Waals surface area contributed by atoms with Crippen LogP contribution in [-0.4, -0.2) is 0 Å². The molecule has 1 heteroatoms. The van der Waals surface area contributed by atoms with Crippen molar-refractivity contribution in [3.63, 3.8) is 0 Å². The van der Waals surface area contributed by atoms with Crippen LogP contribution in [0.1, 0.15) is 49.3 Å². The summed E-state index contributed by atoms with van der Waals surface area (Å²) in [4.78, 5) is 0. The maximum atomic E-state index is 5.68. The van der Waals surface area contributed by atoms with E-state index in [0.29, 0.717) is 0 Å². The molecule has 0 radical (unpaired) electrons. The number of hydrogen-bond donors (Lipinski definition) is 0. The summed E-state index contributed by atoms with van der Waals surface area (Å²) < 4.78 is 5.68. The first kappa shape index (κ1) is 14.3. The van der Waals surface area contributed by atoms with Crippen molar-refractivity contribution in [3.8, 4) is 11.1 Å². The summed E-state index contributed by atoms with van der Waals surface area (Å²) in [6.07, 6.45) is 6.46. The van der Waals surface area contributed by atoms with E-state index in [1.54, 1.807) is 0 Å². The Morgan fingerprint density at radius 1 is 0.952 bits per heavy atom. The van der Waals surface area contributed by atoms with Crippen LogP contribution in [0.4, 0.5) is 0 Å². The quantitative estimate of drug-likeness (QED) is 0.634. The lowest BCUT2D eigenvalue weighted by atomic mass is 9.92. The average molecular weight is 280 g/mol. The fraction of sp³-hybridized carbons (Fsp3) is 0.400. The molecular weight excluding hydrogens is 256 g/mol. The molecule has 0 N–H and O–H groups in total. The van der Waals surface area contributed by atoms with Gasteiger partial charge in [0.2, 0.25) is 0 Å². The zero-order valence-corrected chi connectivity index (χ0v) is 12.9. The highest BCUT2D eigenvalue weighted by atomic mass is 16.5. The number of hydrogen-bond acceptors (Lipinski definition) is 1. The normalized spacial score (nSPS) is 13.4. The van der Waals surface area contributed by atoms with Crippen molar-refractivity contribution in [3.05, 3.63) is 59.2 Å². The number of ether oxygens (including phenoxy) is 1. The number of aryl methyl sites for hydroxylation is 1. The molecule has 0 amide bonds. The molecule has 0 saturated heterocycles. The highest BCUT2D eigenvalue weighted by molar-refractivity contribution is 5.70. The van der Waals surface area contributed by atoms with Crippen LogP contribution in [0.5, 0.6) is 0 Å². The van der Waals surface area contributed by atoms with Gasteiger partial charge in [0.25, 0.3) is 0 Å². The summed E-state index contributed by atoms with van der Waals surface area (Å²) in [7, 11) is 0. The number of benzene rings is 2. The Morgan fingerprint density at radius 3 is 2.62 bits per heavy atom. The molecule has 0 bridgehead atoms. The van der Waals surface area contributed by atoms with Gasteiger partial charge in [0, 0.05) is 0 Å². The second-order valence-corrected chi connectivity index (χ2v) is 5.95. The van der Waals surface area contributed by atoms with Crippen LogP contribution in [0, 0.1) is 0 Å². The Morgan fingerprint density at radius 2 is 1.81 bits per heavy atom. The lowest BCUT2D eigenvalue weighted by molar-refractivity contribution is 0.134. The molecule has 0 aromatic heterocycles. The van der Waals surface area contributed by atoms with Crippen molar-refractivity contribution in [1.29, 1.82) is 0 Å². The van der Waals surface area contributed by atoms with Crippen LogP contribution in [0.25, 0.3) is 11.1 Å². The zero-order chi connectivity index (χ0) is 14.5. The van der Waals surface area contributed by atoms with E-state index < -0.39 is 0 Å². The first-order valence-electron chi connectivity index (χ1n) is 8.16. The highest BCUT2D eigenvalue weighted by Crippen LogP contribution is 2.33. The molecule has 3 rings (SSSR count). The zero-order valence-electron chi connectivity index (χ0n) is 12.9. The summed E-state index contributed by atoms with van der Waals surface area (Å²) >= 11 is 0. The Labute approximate surface area is 128 Å². The van der Waals surface area contributed by atoms with Gasteiger partial charge in [0.05, 0.1) is 13.2 Å². The minimum Gasteiger partial charge on any atom is -0.372 e. The predicted molar refractivity (Wildman–Crippen MR) is 88.2 cm³/mol. The molecular formula is C20H24O. The van der Waals surface area contributed by atoms with Crippen LogP contribution in [0.2, 0.25) is 0 Å². The Kier molecular flexibility index (Phi) is 4.72. The fourth-order valence-electron chi connectivity index (χ4n) is 3.14. The van der Waals surface area contributed by atoms with Crippen molar-refractivity contribution in [1.82, 2.24) is 0 Å². The van der Waals surface area contributed by atoms with Crippen molar-refractivity contribution in [2.45, 2.75) is 52.2 Å². The fourth-order valence-corrected chi connectivity index (χ4v) is 3.14. The molecule has 0 atom stereocenters. The van der Waals surface area contributed by atoms with E-state index in [-0.39, 0.29) is 0 Å². The molecule has 2 aromatic rings. The lowest BCUT2D eigenvalue weighted by Crippen LogP contribution is -1.94. The summed E-state index contributed by atoms with van der Waals surface area (Å²) in [5.74, 6) is 0. The summed E-state index contributed by atoms with van der Waals surface area (Å²) in [6.45, 7) is 3.80. The first-order valence-corrected chi connectivity index (χ1v) is 8.16. The molecule has 2 aromatic carbocycles. The van der Waals surface area contributed by atoms with Gasteiger partial charge >= 0.3 is 0 Å². The van der Waals surface area contributed by atoms with E-state index in [1.807, 2.05) is 0 Å². The summed E-state index contributed by atoms with van der Waals surface area (Å²) in [5.41, 5.74) is 6.93. The minimum atomic E-state index is 0.760. The van der Waals surface area contributed by atoms with E-state index >= 15 is 0 Å². The summed E-state index contributed by atoms with van der Waals surface area (Å²) in [6, 6.07) is 15.5. The van der Waals surface area contributed by atoms with E-state index in [1.165, 1.54) is 59.9 Å². The van der Waals surface area contributed by atoms with Gasteiger partial charge in [0.15, 0.2) is 0 Å². The number of rotatable bonds is 6. The van der Waals surface area contributed by atoms with Gasteiger partial charge in [0.1, 0.15) is 0 Å². The van der Waals surface area contributed by atoms with Gasteiger partial charge in [-0.15, -0.1) is 0 Å². The minimum absolute atomic E-state index is 0.760. The third-order valence-corrected chi connectivity index (χ3v) is 4.31. The third kappa shape index (κ3) is 3.36. The van der Waals surface area contributed by atoms with Gasteiger partial charge in [-0.3, -0.25) is 0 Å². The third-order valence-electron chi connectivity index (χ3n) is 4.31. The molecule has 1 aliphatic heterocycles. The van der Waals surface area contributed by atoms with E-state index in [0.717, 1.165) is 13.2 Å². The molecule has 0 fully saturated rings. The average Bonchev–Trinajstić information content (AvgIpc) is 3.00. The van der Waals surface area contributed by atoms with Gasteiger partial charge in [-0.1, -0.05) is 68.7 Å². The Bertz CT molecular complexity index is 586.